The van der Waals surface area contributed by atoms with Gasteiger partial charge in [-0.2, -0.15) is 0 Å². The average molecular weight is 330 g/mol. The van der Waals surface area contributed by atoms with E-state index in [-0.39, 0.29) is 17.7 Å². The zero-order valence-corrected chi connectivity index (χ0v) is 14.3. The molecule has 6 heteroatoms. The molecule has 2 amide bonds. The summed E-state index contributed by atoms with van der Waals surface area (Å²) < 4.78 is 0. The Labute approximate surface area is 143 Å². The lowest BCUT2D eigenvalue weighted by Gasteiger charge is -2.23. The first-order valence-electron chi connectivity index (χ1n) is 8.88. The van der Waals surface area contributed by atoms with Gasteiger partial charge in [-0.15, -0.1) is 0 Å². The molecule has 130 valence electrons. The molecule has 1 saturated heterocycles. The summed E-state index contributed by atoms with van der Waals surface area (Å²) >= 11 is 0. The number of hydrogen-bond donors (Lipinski definition) is 2. The molecular formula is C18H26N4O2. The standard InChI is InChI=1S/C18H26N4O2/c1-13-5-4-8-19-17(13)20-9-10-21-18(24)14-11-16(23)22(12-14)15-6-2-3-7-15/h4-5,8,14-15H,2-3,6-7,9-12H2,1H3,(H,19,20)(H,21,24)/t14-/m0/s1. The van der Waals surface area contributed by atoms with Gasteiger partial charge >= 0.3 is 0 Å². The molecular weight excluding hydrogens is 304 g/mol. The van der Waals surface area contributed by atoms with Crippen molar-refractivity contribution in [2.24, 2.45) is 5.92 Å². The molecule has 2 fully saturated rings. The van der Waals surface area contributed by atoms with Gasteiger partial charge in [0.2, 0.25) is 11.8 Å². The van der Waals surface area contributed by atoms with E-state index in [2.05, 4.69) is 15.6 Å². The maximum absolute atomic E-state index is 12.3. The van der Waals surface area contributed by atoms with Gasteiger partial charge in [0.1, 0.15) is 5.82 Å². The van der Waals surface area contributed by atoms with Crippen LogP contribution in [0.25, 0.3) is 0 Å². The van der Waals surface area contributed by atoms with E-state index < -0.39 is 0 Å². The second-order valence-electron chi connectivity index (χ2n) is 6.77. The molecule has 1 aromatic rings. The third-order valence-corrected chi connectivity index (χ3v) is 5.02. The Bertz CT molecular complexity index is 598. The minimum Gasteiger partial charge on any atom is -0.368 e. The average Bonchev–Trinajstić information content (AvgIpc) is 3.22. The summed E-state index contributed by atoms with van der Waals surface area (Å²) in [7, 11) is 0. The molecule has 24 heavy (non-hydrogen) atoms. The number of anilines is 1. The van der Waals surface area contributed by atoms with Crippen LogP contribution >= 0.6 is 0 Å². The molecule has 0 spiro atoms. The molecule has 0 bridgehead atoms. The molecule has 1 aliphatic carbocycles. The van der Waals surface area contributed by atoms with Gasteiger partial charge in [-0.05, 0) is 31.4 Å². The van der Waals surface area contributed by atoms with Crippen LogP contribution in [0.15, 0.2) is 18.3 Å². The number of carbonyl (C=O) groups excluding carboxylic acids is 2. The lowest BCUT2D eigenvalue weighted by molar-refractivity contribution is -0.130. The van der Waals surface area contributed by atoms with Crippen molar-refractivity contribution in [1.82, 2.24) is 15.2 Å². The van der Waals surface area contributed by atoms with Crippen molar-refractivity contribution in [2.45, 2.75) is 45.1 Å². The molecule has 1 saturated carbocycles. The maximum atomic E-state index is 12.3. The van der Waals surface area contributed by atoms with Gasteiger partial charge in [0.25, 0.3) is 0 Å². The number of nitrogens with zero attached hydrogens (tertiary/aromatic N) is 2. The molecule has 0 aromatic carbocycles. The quantitative estimate of drug-likeness (QED) is 0.779. The predicted molar refractivity (Wildman–Crippen MR) is 92.5 cm³/mol. The summed E-state index contributed by atoms with van der Waals surface area (Å²) in [5.74, 6) is 0.776. The maximum Gasteiger partial charge on any atom is 0.225 e. The molecule has 1 atom stereocenters. The third kappa shape index (κ3) is 3.86. The second kappa shape index (κ2) is 7.64. The molecule has 1 aliphatic heterocycles. The summed E-state index contributed by atoms with van der Waals surface area (Å²) in [5, 5.41) is 6.16. The van der Waals surface area contributed by atoms with E-state index in [0.29, 0.717) is 32.1 Å². The highest BCUT2D eigenvalue weighted by atomic mass is 16.2. The summed E-state index contributed by atoms with van der Waals surface area (Å²) in [5.41, 5.74) is 1.08. The zero-order valence-electron chi connectivity index (χ0n) is 14.3. The molecule has 2 heterocycles. The van der Waals surface area contributed by atoms with Crippen molar-refractivity contribution >= 4 is 17.6 Å². The van der Waals surface area contributed by atoms with Crippen LogP contribution in [0, 0.1) is 12.8 Å². The first-order chi connectivity index (χ1) is 11.6. The van der Waals surface area contributed by atoms with Gasteiger partial charge in [0.15, 0.2) is 0 Å². The van der Waals surface area contributed by atoms with Gasteiger partial charge in [0, 0.05) is 38.3 Å². The number of amides is 2. The van der Waals surface area contributed by atoms with E-state index in [0.717, 1.165) is 24.2 Å². The van der Waals surface area contributed by atoms with E-state index in [9.17, 15) is 9.59 Å². The van der Waals surface area contributed by atoms with Crippen LogP contribution in [0.1, 0.15) is 37.7 Å². The van der Waals surface area contributed by atoms with E-state index >= 15 is 0 Å². The smallest absolute Gasteiger partial charge is 0.225 e. The van der Waals surface area contributed by atoms with Gasteiger partial charge in [-0.25, -0.2) is 4.98 Å². The lowest BCUT2D eigenvalue weighted by Crippen LogP contribution is -2.38. The monoisotopic (exact) mass is 330 g/mol. The highest BCUT2D eigenvalue weighted by molar-refractivity contribution is 5.89. The van der Waals surface area contributed by atoms with E-state index in [1.165, 1.54) is 12.8 Å². The minimum atomic E-state index is -0.199. The molecule has 3 rings (SSSR count). The topological polar surface area (TPSA) is 74.3 Å². The number of nitrogens with one attached hydrogen (secondary N) is 2. The Morgan fingerprint density at radius 1 is 1.33 bits per heavy atom. The minimum absolute atomic E-state index is 0.0108. The van der Waals surface area contributed by atoms with Crippen LogP contribution < -0.4 is 10.6 Å². The number of pyridine rings is 1. The Hall–Kier alpha value is -2.11. The Morgan fingerprint density at radius 2 is 2.12 bits per heavy atom. The fourth-order valence-electron chi connectivity index (χ4n) is 3.66. The second-order valence-corrected chi connectivity index (χ2v) is 6.77. The largest absolute Gasteiger partial charge is 0.368 e. The highest BCUT2D eigenvalue weighted by Crippen LogP contribution is 2.29. The van der Waals surface area contributed by atoms with Gasteiger partial charge in [-0.3, -0.25) is 9.59 Å². The van der Waals surface area contributed by atoms with Crippen LogP contribution in [0.4, 0.5) is 5.82 Å². The van der Waals surface area contributed by atoms with Crippen molar-refractivity contribution in [1.29, 1.82) is 0 Å². The third-order valence-electron chi connectivity index (χ3n) is 5.02. The van der Waals surface area contributed by atoms with Gasteiger partial charge in [0.05, 0.1) is 5.92 Å². The predicted octanol–water partition coefficient (Wildman–Crippen LogP) is 1.71. The van der Waals surface area contributed by atoms with E-state index in [1.807, 2.05) is 24.0 Å². The van der Waals surface area contributed by atoms with E-state index in [4.69, 9.17) is 0 Å². The van der Waals surface area contributed by atoms with Crippen LogP contribution in [-0.4, -0.2) is 47.4 Å². The summed E-state index contributed by atoms with van der Waals surface area (Å²) in [6.07, 6.45) is 6.68. The van der Waals surface area contributed by atoms with Crippen molar-refractivity contribution < 1.29 is 9.59 Å². The Balaban J connectivity index is 1.41. The van der Waals surface area contributed by atoms with Crippen molar-refractivity contribution in [3.05, 3.63) is 23.9 Å². The van der Waals surface area contributed by atoms with Gasteiger partial charge in [-0.1, -0.05) is 18.9 Å². The first-order valence-corrected chi connectivity index (χ1v) is 8.88. The van der Waals surface area contributed by atoms with E-state index in [1.54, 1.807) is 6.20 Å². The van der Waals surface area contributed by atoms with Gasteiger partial charge < -0.3 is 15.5 Å². The number of likely N-dealkylation sites (tertiary alicyclic amines) is 1. The van der Waals surface area contributed by atoms with Crippen LogP contribution in [0.3, 0.4) is 0 Å². The SMILES string of the molecule is Cc1cccnc1NCCNC(=O)[C@H]1CC(=O)N(C2CCCC2)C1. The zero-order chi connectivity index (χ0) is 16.9. The molecule has 0 unspecified atom stereocenters. The number of carbonyl (C=O) groups is 2. The number of hydrogen-bond acceptors (Lipinski definition) is 4. The van der Waals surface area contributed by atoms with Crippen molar-refractivity contribution in [3.63, 3.8) is 0 Å². The number of aromatic nitrogens is 1. The number of rotatable bonds is 6. The molecule has 2 N–H and O–H groups in total. The van der Waals surface area contributed by atoms with Crippen LogP contribution in [0.5, 0.6) is 0 Å². The molecule has 2 aliphatic rings. The fraction of sp³-hybridized carbons (Fsp3) is 0.611. The molecule has 6 nitrogen and oxygen atoms in total. The number of aryl methyl sites for hydroxylation is 1. The summed E-state index contributed by atoms with van der Waals surface area (Å²) in [6.45, 7) is 3.73. The van der Waals surface area contributed by atoms with Crippen molar-refractivity contribution in [2.75, 3.05) is 25.0 Å². The molecule has 0 radical (unpaired) electrons. The summed E-state index contributed by atoms with van der Waals surface area (Å²) in [6, 6.07) is 4.26. The van der Waals surface area contributed by atoms with Crippen LogP contribution in [-0.2, 0) is 9.59 Å². The highest BCUT2D eigenvalue weighted by Gasteiger charge is 2.38. The fourth-order valence-corrected chi connectivity index (χ4v) is 3.66. The Kier molecular flexibility index (Phi) is 5.33. The van der Waals surface area contributed by atoms with Crippen LogP contribution in [0.2, 0.25) is 0 Å². The first kappa shape index (κ1) is 16.7. The Morgan fingerprint density at radius 3 is 2.88 bits per heavy atom. The molecule has 1 aromatic heterocycles. The lowest BCUT2D eigenvalue weighted by atomic mass is 10.1. The van der Waals surface area contributed by atoms with Crippen molar-refractivity contribution in [3.8, 4) is 0 Å². The normalized spacial score (nSPS) is 21.3. The summed E-state index contributed by atoms with van der Waals surface area (Å²) in [4.78, 5) is 30.6.